The highest BCUT2D eigenvalue weighted by atomic mass is 16.5. The quantitative estimate of drug-likeness (QED) is 0.759. The Morgan fingerprint density at radius 2 is 1.70 bits per heavy atom. The highest BCUT2D eigenvalue weighted by Crippen LogP contribution is 2.28. The third-order valence-electron chi connectivity index (χ3n) is 3.21. The number of hydrogen-bond acceptors (Lipinski definition) is 4. The lowest BCUT2D eigenvalue weighted by Crippen LogP contribution is -2.10. The molecule has 0 heterocycles. The Bertz CT molecular complexity index is 691. The molecule has 0 saturated heterocycles. The largest absolute Gasteiger partial charge is 0.462 e. The van der Waals surface area contributed by atoms with E-state index in [0.717, 1.165) is 6.42 Å². The second-order valence-corrected chi connectivity index (χ2v) is 4.86. The number of carbonyl (C=O) groups excluding carboxylic acids is 2. The molecule has 2 aromatic rings. The fourth-order valence-electron chi connectivity index (χ4n) is 2.20. The maximum atomic E-state index is 12.2. The fourth-order valence-corrected chi connectivity index (χ4v) is 2.20. The molecule has 0 aliphatic rings. The standard InChI is InChI=1S/C19H19O4/c1-3-13-23-19(21)17-12-8-6-10-15(17)14-9-5-7-11-16(14)18(20)22-4-2/h5-11H,3-4,13H2,1-2H3. The summed E-state index contributed by atoms with van der Waals surface area (Å²) in [6.07, 6.45) is 0.743. The second-order valence-electron chi connectivity index (χ2n) is 4.86. The second kappa shape index (κ2) is 8.13. The molecular formula is C19H19O4. The molecule has 0 aliphatic heterocycles. The van der Waals surface area contributed by atoms with Gasteiger partial charge in [-0.25, -0.2) is 9.59 Å². The van der Waals surface area contributed by atoms with E-state index in [1.807, 2.05) is 13.0 Å². The van der Waals surface area contributed by atoms with Crippen LogP contribution in [0.4, 0.5) is 0 Å². The van der Waals surface area contributed by atoms with Gasteiger partial charge in [-0.15, -0.1) is 0 Å². The lowest BCUT2D eigenvalue weighted by Gasteiger charge is -2.12. The first-order valence-corrected chi connectivity index (χ1v) is 7.63. The Balaban J connectivity index is 2.47. The molecule has 0 spiro atoms. The lowest BCUT2D eigenvalue weighted by atomic mass is 9.95. The summed E-state index contributed by atoms with van der Waals surface area (Å²) in [6.45, 7) is 4.32. The van der Waals surface area contributed by atoms with Crippen molar-refractivity contribution in [1.29, 1.82) is 0 Å². The van der Waals surface area contributed by atoms with Crippen molar-refractivity contribution in [2.24, 2.45) is 0 Å². The molecule has 0 N–H and O–H groups in total. The first kappa shape index (κ1) is 16.7. The van der Waals surface area contributed by atoms with Gasteiger partial charge >= 0.3 is 11.9 Å². The molecule has 2 rings (SSSR count). The monoisotopic (exact) mass is 311 g/mol. The SMILES string of the molecule is CCCOC(=O)c1[c]cccc1-c1ccccc1C(=O)OCC. The van der Waals surface area contributed by atoms with Crippen molar-refractivity contribution in [3.05, 3.63) is 59.7 Å². The Labute approximate surface area is 136 Å². The van der Waals surface area contributed by atoms with Gasteiger partial charge in [-0.05, 0) is 36.6 Å². The predicted octanol–water partition coefficient (Wildman–Crippen LogP) is 3.90. The van der Waals surface area contributed by atoms with Gasteiger partial charge in [0.25, 0.3) is 0 Å². The van der Waals surface area contributed by atoms with E-state index in [1.54, 1.807) is 43.3 Å². The Hall–Kier alpha value is -2.62. The molecule has 23 heavy (non-hydrogen) atoms. The summed E-state index contributed by atoms with van der Waals surface area (Å²) in [4.78, 5) is 24.4. The molecule has 1 radical (unpaired) electrons. The van der Waals surface area contributed by atoms with Gasteiger partial charge in [-0.1, -0.05) is 43.3 Å². The van der Waals surface area contributed by atoms with Crippen molar-refractivity contribution < 1.29 is 19.1 Å². The molecule has 0 aliphatic carbocycles. The number of carbonyl (C=O) groups is 2. The fraction of sp³-hybridized carbons (Fsp3) is 0.263. The zero-order valence-electron chi connectivity index (χ0n) is 13.3. The van der Waals surface area contributed by atoms with Gasteiger partial charge in [0.05, 0.1) is 24.3 Å². The van der Waals surface area contributed by atoms with Crippen molar-refractivity contribution in [2.75, 3.05) is 13.2 Å². The number of esters is 2. The molecule has 0 bridgehead atoms. The van der Waals surface area contributed by atoms with Crippen molar-refractivity contribution in [2.45, 2.75) is 20.3 Å². The number of ether oxygens (including phenoxy) is 2. The predicted molar refractivity (Wildman–Crippen MR) is 87.2 cm³/mol. The summed E-state index contributed by atoms with van der Waals surface area (Å²) in [7, 11) is 0. The molecule has 4 nitrogen and oxygen atoms in total. The van der Waals surface area contributed by atoms with E-state index in [-0.39, 0.29) is 0 Å². The minimum Gasteiger partial charge on any atom is -0.462 e. The van der Waals surface area contributed by atoms with E-state index in [4.69, 9.17) is 9.47 Å². The van der Waals surface area contributed by atoms with Crippen molar-refractivity contribution in [3.8, 4) is 11.1 Å². The molecule has 0 saturated carbocycles. The highest BCUT2D eigenvalue weighted by molar-refractivity contribution is 6.03. The van der Waals surface area contributed by atoms with Gasteiger partial charge in [0.1, 0.15) is 0 Å². The third kappa shape index (κ3) is 3.97. The molecular weight excluding hydrogens is 292 g/mol. The van der Waals surface area contributed by atoms with Gasteiger partial charge in [-0.2, -0.15) is 0 Å². The van der Waals surface area contributed by atoms with Crippen molar-refractivity contribution in [1.82, 2.24) is 0 Å². The molecule has 119 valence electrons. The number of benzene rings is 2. The number of rotatable bonds is 6. The Morgan fingerprint density at radius 3 is 2.43 bits per heavy atom. The minimum absolute atomic E-state index is 0.291. The van der Waals surface area contributed by atoms with Crippen molar-refractivity contribution >= 4 is 11.9 Å². The van der Waals surface area contributed by atoms with E-state index in [2.05, 4.69) is 6.07 Å². The molecule has 2 aromatic carbocycles. The normalized spacial score (nSPS) is 10.2. The topological polar surface area (TPSA) is 52.6 Å². The van der Waals surface area contributed by atoms with Crippen LogP contribution in [0.5, 0.6) is 0 Å². The smallest absolute Gasteiger partial charge is 0.339 e. The van der Waals surface area contributed by atoms with Gasteiger partial charge in [0, 0.05) is 0 Å². The Morgan fingerprint density at radius 1 is 0.957 bits per heavy atom. The van der Waals surface area contributed by atoms with Gasteiger partial charge < -0.3 is 9.47 Å². The van der Waals surface area contributed by atoms with Crippen LogP contribution in [0.3, 0.4) is 0 Å². The van der Waals surface area contributed by atoms with E-state index < -0.39 is 11.9 Å². The van der Waals surface area contributed by atoms with E-state index >= 15 is 0 Å². The molecule has 0 unspecified atom stereocenters. The maximum Gasteiger partial charge on any atom is 0.339 e. The van der Waals surface area contributed by atoms with Crippen LogP contribution in [-0.2, 0) is 9.47 Å². The van der Waals surface area contributed by atoms with Crippen LogP contribution in [0.15, 0.2) is 42.5 Å². The van der Waals surface area contributed by atoms with E-state index in [1.165, 1.54) is 0 Å². The Kier molecular flexibility index (Phi) is 5.92. The molecule has 0 amide bonds. The minimum atomic E-state index is -0.443. The summed E-state index contributed by atoms with van der Waals surface area (Å²) in [5, 5.41) is 0. The van der Waals surface area contributed by atoms with Crippen molar-refractivity contribution in [3.63, 3.8) is 0 Å². The van der Waals surface area contributed by atoms with Crippen LogP contribution in [0.25, 0.3) is 11.1 Å². The van der Waals surface area contributed by atoms with Crippen LogP contribution in [0.1, 0.15) is 41.0 Å². The van der Waals surface area contributed by atoms with Crippen LogP contribution in [-0.4, -0.2) is 25.2 Å². The van der Waals surface area contributed by atoms with Crippen LogP contribution in [0.2, 0.25) is 0 Å². The first-order chi connectivity index (χ1) is 11.2. The molecule has 0 fully saturated rings. The highest BCUT2D eigenvalue weighted by Gasteiger charge is 2.19. The van der Waals surface area contributed by atoms with E-state index in [9.17, 15) is 9.59 Å². The third-order valence-corrected chi connectivity index (χ3v) is 3.21. The maximum absolute atomic E-state index is 12.2. The lowest BCUT2D eigenvalue weighted by molar-refractivity contribution is 0.0500. The van der Waals surface area contributed by atoms with Gasteiger partial charge in [0.15, 0.2) is 0 Å². The van der Waals surface area contributed by atoms with Gasteiger partial charge in [0.2, 0.25) is 0 Å². The summed E-state index contributed by atoms with van der Waals surface area (Å²) in [5.41, 5.74) is 1.97. The average Bonchev–Trinajstić information content (AvgIpc) is 2.60. The zero-order chi connectivity index (χ0) is 16.7. The molecule has 0 aromatic heterocycles. The first-order valence-electron chi connectivity index (χ1n) is 7.63. The number of hydrogen-bond donors (Lipinski definition) is 0. The summed E-state index contributed by atoms with van der Waals surface area (Å²) in [5.74, 6) is -0.860. The summed E-state index contributed by atoms with van der Waals surface area (Å²) in [6, 6.07) is 15.2. The average molecular weight is 311 g/mol. The van der Waals surface area contributed by atoms with Crippen LogP contribution in [0, 0.1) is 6.07 Å². The zero-order valence-corrected chi connectivity index (χ0v) is 13.3. The van der Waals surface area contributed by atoms with Crippen LogP contribution >= 0.6 is 0 Å². The summed E-state index contributed by atoms with van der Waals surface area (Å²) < 4.78 is 10.3. The molecule has 0 atom stereocenters. The van der Waals surface area contributed by atoms with E-state index in [0.29, 0.717) is 35.5 Å². The molecule has 4 heteroatoms. The summed E-state index contributed by atoms with van der Waals surface area (Å²) >= 11 is 0. The van der Waals surface area contributed by atoms with Gasteiger partial charge in [-0.3, -0.25) is 0 Å². The van der Waals surface area contributed by atoms with Crippen LogP contribution < -0.4 is 0 Å².